The molecule has 3 heteroatoms. The lowest BCUT2D eigenvalue weighted by atomic mass is 9.74. The molecule has 16 heavy (non-hydrogen) atoms. The first kappa shape index (κ1) is 12.3. The number of likely N-dealkylation sites (tertiary alicyclic amines) is 1. The third-order valence-corrected chi connectivity index (χ3v) is 4.41. The number of aliphatic hydroxyl groups excluding tert-OH is 1. The van der Waals surface area contributed by atoms with Crippen LogP contribution < -0.4 is 5.32 Å². The van der Waals surface area contributed by atoms with Gasteiger partial charge in [-0.1, -0.05) is 19.3 Å². The van der Waals surface area contributed by atoms with Crippen LogP contribution in [0.25, 0.3) is 0 Å². The van der Waals surface area contributed by atoms with Crippen molar-refractivity contribution in [2.75, 3.05) is 33.3 Å². The summed E-state index contributed by atoms with van der Waals surface area (Å²) in [7, 11) is 2.18. The van der Waals surface area contributed by atoms with E-state index in [1.807, 2.05) is 0 Å². The van der Waals surface area contributed by atoms with E-state index in [0.717, 1.165) is 6.54 Å². The molecule has 0 amide bonds. The van der Waals surface area contributed by atoms with Crippen LogP contribution in [0.4, 0.5) is 0 Å². The summed E-state index contributed by atoms with van der Waals surface area (Å²) in [6.45, 7) is 3.76. The zero-order valence-corrected chi connectivity index (χ0v) is 10.5. The van der Waals surface area contributed by atoms with Gasteiger partial charge in [0.15, 0.2) is 0 Å². The Balaban J connectivity index is 1.78. The van der Waals surface area contributed by atoms with E-state index in [9.17, 15) is 5.11 Å². The van der Waals surface area contributed by atoms with Crippen LogP contribution in [0.1, 0.15) is 38.5 Å². The molecular formula is C13H26N2O. The number of aliphatic hydroxyl groups is 1. The zero-order valence-electron chi connectivity index (χ0n) is 10.5. The molecule has 0 aromatic heterocycles. The Kier molecular flexibility index (Phi) is 4.22. The minimum absolute atomic E-state index is 0.194. The number of nitrogens with one attached hydrogen (secondary N) is 1. The molecule has 1 saturated heterocycles. The highest BCUT2D eigenvalue weighted by atomic mass is 16.3. The lowest BCUT2D eigenvalue weighted by Crippen LogP contribution is -2.43. The van der Waals surface area contributed by atoms with Crippen molar-refractivity contribution in [2.45, 2.75) is 44.6 Å². The van der Waals surface area contributed by atoms with Gasteiger partial charge in [-0.25, -0.2) is 0 Å². The molecule has 2 N–H and O–H groups in total. The van der Waals surface area contributed by atoms with Gasteiger partial charge in [0, 0.05) is 31.2 Å². The molecule has 2 fully saturated rings. The summed E-state index contributed by atoms with van der Waals surface area (Å²) in [6, 6.07) is 0.648. The standard InChI is InChI=1S/C13H26N2O/c1-15-8-5-12(9-15)14-10-13(11-16)6-3-2-4-7-13/h12,14,16H,2-11H2,1H3. The van der Waals surface area contributed by atoms with Crippen LogP contribution >= 0.6 is 0 Å². The fraction of sp³-hybridized carbons (Fsp3) is 1.00. The molecule has 0 aromatic carbocycles. The average molecular weight is 226 g/mol. The average Bonchev–Trinajstić information content (AvgIpc) is 2.74. The van der Waals surface area contributed by atoms with Crippen LogP contribution in [0.2, 0.25) is 0 Å². The largest absolute Gasteiger partial charge is 0.396 e. The lowest BCUT2D eigenvalue weighted by molar-refractivity contribution is 0.0786. The molecule has 2 rings (SSSR count). The van der Waals surface area contributed by atoms with Crippen molar-refractivity contribution in [3.05, 3.63) is 0 Å². The number of rotatable bonds is 4. The van der Waals surface area contributed by atoms with E-state index < -0.39 is 0 Å². The van der Waals surface area contributed by atoms with Crippen molar-refractivity contribution in [1.82, 2.24) is 10.2 Å². The second kappa shape index (κ2) is 5.48. The minimum Gasteiger partial charge on any atom is -0.396 e. The van der Waals surface area contributed by atoms with Gasteiger partial charge in [-0.05, 0) is 32.9 Å². The van der Waals surface area contributed by atoms with Crippen molar-refractivity contribution in [3.63, 3.8) is 0 Å². The maximum Gasteiger partial charge on any atom is 0.0499 e. The second-order valence-electron chi connectivity index (χ2n) is 5.85. The molecule has 2 aliphatic rings. The van der Waals surface area contributed by atoms with Gasteiger partial charge in [-0.3, -0.25) is 0 Å². The summed E-state index contributed by atoms with van der Waals surface area (Å²) in [5, 5.41) is 13.3. The molecule has 0 aromatic rings. The molecule has 1 saturated carbocycles. The minimum atomic E-state index is 0.194. The van der Waals surface area contributed by atoms with Crippen molar-refractivity contribution >= 4 is 0 Å². The van der Waals surface area contributed by atoms with Gasteiger partial charge in [-0.15, -0.1) is 0 Å². The van der Waals surface area contributed by atoms with E-state index in [0.29, 0.717) is 12.6 Å². The Hall–Kier alpha value is -0.120. The fourth-order valence-electron chi connectivity index (χ4n) is 3.16. The SMILES string of the molecule is CN1CCC(NCC2(CO)CCCCC2)C1. The van der Waals surface area contributed by atoms with Crippen LogP contribution in [-0.2, 0) is 0 Å². The summed E-state index contributed by atoms with van der Waals surface area (Å²) in [4.78, 5) is 2.38. The molecule has 94 valence electrons. The third-order valence-electron chi connectivity index (χ3n) is 4.41. The third kappa shape index (κ3) is 2.96. The van der Waals surface area contributed by atoms with E-state index in [1.165, 1.54) is 51.6 Å². The van der Waals surface area contributed by atoms with Crippen molar-refractivity contribution in [3.8, 4) is 0 Å². The molecule has 0 radical (unpaired) electrons. The van der Waals surface area contributed by atoms with Crippen LogP contribution in [0, 0.1) is 5.41 Å². The number of hydrogen-bond donors (Lipinski definition) is 2. The molecule has 0 spiro atoms. The molecular weight excluding hydrogens is 200 g/mol. The zero-order chi connectivity index (χ0) is 11.4. The van der Waals surface area contributed by atoms with E-state index in [4.69, 9.17) is 0 Å². The van der Waals surface area contributed by atoms with Crippen LogP contribution in [0.5, 0.6) is 0 Å². The van der Waals surface area contributed by atoms with Gasteiger partial charge in [0.05, 0.1) is 0 Å². The normalized spacial score (nSPS) is 30.8. The molecule has 1 aliphatic heterocycles. The van der Waals surface area contributed by atoms with E-state index in [1.54, 1.807) is 0 Å². The smallest absolute Gasteiger partial charge is 0.0499 e. The van der Waals surface area contributed by atoms with Crippen LogP contribution in [-0.4, -0.2) is 49.3 Å². The van der Waals surface area contributed by atoms with Gasteiger partial charge in [0.25, 0.3) is 0 Å². The number of nitrogens with zero attached hydrogens (tertiary/aromatic N) is 1. The maximum absolute atomic E-state index is 9.62. The fourth-order valence-corrected chi connectivity index (χ4v) is 3.16. The summed E-state index contributed by atoms with van der Waals surface area (Å²) >= 11 is 0. The second-order valence-corrected chi connectivity index (χ2v) is 5.85. The Morgan fingerprint density at radius 1 is 1.31 bits per heavy atom. The highest BCUT2D eigenvalue weighted by Gasteiger charge is 2.32. The molecule has 1 atom stereocenters. The highest BCUT2D eigenvalue weighted by Crippen LogP contribution is 2.35. The van der Waals surface area contributed by atoms with E-state index in [-0.39, 0.29) is 5.41 Å². The Bertz CT molecular complexity index is 214. The summed E-state index contributed by atoms with van der Waals surface area (Å²) in [6.07, 6.45) is 7.63. The monoisotopic (exact) mass is 226 g/mol. The Labute approximate surface area is 99.2 Å². The van der Waals surface area contributed by atoms with Crippen LogP contribution in [0.15, 0.2) is 0 Å². The van der Waals surface area contributed by atoms with E-state index >= 15 is 0 Å². The van der Waals surface area contributed by atoms with Gasteiger partial charge in [-0.2, -0.15) is 0 Å². The quantitative estimate of drug-likeness (QED) is 0.756. The summed E-state index contributed by atoms with van der Waals surface area (Å²) in [5.41, 5.74) is 0.194. The first-order valence-electron chi connectivity index (χ1n) is 6.77. The first-order valence-corrected chi connectivity index (χ1v) is 6.77. The molecule has 1 heterocycles. The van der Waals surface area contributed by atoms with Gasteiger partial charge in [0.1, 0.15) is 0 Å². The lowest BCUT2D eigenvalue weighted by Gasteiger charge is -2.36. The summed E-state index contributed by atoms with van der Waals surface area (Å²) < 4.78 is 0. The summed E-state index contributed by atoms with van der Waals surface area (Å²) in [5.74, 6) is 0. The van der Waals surface area contributed by atoms with Crippen molar-refractivity contribution in [2.24, 2.45) is 5.41 Å². The topological polar surface area (TPSA) is 35.5 Å². The Morgan fingerprint density at radius 3 is 2.62 bits per heavy atom. The van der Waals surface area contributed by atoms with Gasteiger partial charge >= 0.3 is 0 Å². The van der Waals surface area contributed by atoms with E-state index in [2.05, 4.69) is 17.3 Å². The van der Waals surface area contributed by atoms with Crippen LogP contribution in [0.3, 0.4) is 0 Å². The molecule has 0 bridgehead atoms. The predicted molar refractivity (Wildman–Crippen MR) is 66.5 cm³/mol. The Morgan fingerprint density at radius 2 is 2.06 bits per heavy atom. The molecule has 1 aliphatic carbocycles. The first-order chi connectivity index (χ1) is 7.74. The molecule has 1 unspecified atom stereocenters. The van der Waals surface area contributed by atoms with Crippen molar-refractivity contribution < 1.29 is 5.11 Å². The predicted octanol–water partition coefficient (Wildman–Crippen LogP) is 1.22. The maximum atomic E-state index is 9.62. The number of hydrogen-bond acceptors (Lipinski definition) is 3. The van der Waals surface area contributed by atoms with Gasteiger partial charge in [0.2, 0.25) is 0 Å². The van der Waals surface area contributed by atoms with Gasteiger partial charge < -0.3 is 15.3 Å². The molecule has 3 nitrogen and oxygen atoms in total. The number of likely N-dealkylation sites (N-methyl/N-ethyl adjacent to an activating group) is 1. The highest BCUT2D eigenvalue weighted by molar-refractivity contribution is 4.87. The van der Waals surface area contributed by atoms with Crippen molar-refractivity contribution in [1.29, 1.82) is 0 Å².